The molecule has 0 saturated carbocycles. The lowest BCUT2D eigenvalue weighted by molar-refractivity contribution is 0.712. The summed E-state index contributed by atoms with van der Waals surface area (Å²) in [5.41, 5.74) is 4.50. The van der Waals surface area contributed by atoms with Crippen molar-refractivity contribution in [3.8, 4) is 0 Å². The van der Waals surface area contributed by atoms with Crippen molar-refractivity contribution in [1.29, 1.82) is 0 Å². The molecule has 0 aliphatic heterocycles. The van der Waals surface area contributed by atoms with E-state index >= 15 is 0 Å². The summed E-state index contributed by atoms with van der Waals surface area (Å²) in [6, 6.07) is 10.5. The summed E-state index contributed by atoms with van der Waals surface area (Å²) in [4.78, 5) is 0. The maximum absolute atomic E-state index is 5.32. The average Bonchev–Trinajstić information content (AvgIpc) is 2.83. The fourth-order valence-corrected chi connectivity index (χ4v) is 2.39. The third-order valence-electron chi connectivity index (χ3n) is 3.63. The van der Waals surface area contributed by atoms with Gasteiger partial charge in [-0.25, -0.2) is 0 Å². The molecule has 2 rings (SSSR count). The molecule has 2 aromatic rings. The van der Waals surface area contributed by atoms with E-state index in [-0.39, 0.29) is 0 Å². The maximum Gasteiger partial charge on any atom is 0.171 e. The Morgan fingerprint density at radius 1 is 1.27 bits per heavy atom. The van der Waals surface area contributed by atoms with Crippen LogP contribution in [0, 0.1) is 6.92 Å². The number of nitrogens with one attached hydrogen (secondary N) is 2. The van der Waals surface area contributed by atoms with Gasteiger partial charge in [-0.15, -0.1) is 0 Å². The molecule has 0 amide bonds. The van der Waals surface area contributed by atoms with Gasteiger partial charge in [0.25, 0.3) is 0 Å². The van der Waals surface area contributed by atoms with Crippen LogP contribution in [0.5, 0.6) is 0 Å². The zero-order valence-corrected chi connectivity index (χ0v) is 14.3. The number of aryl methyl sites for hydroxylation is 3. The Morgan fingerprint density at radius 2 is 2.00 bits per heavy atom. The van der Waals surface area contributed by atoms with E-state index in [1.165, 1.54) is 18.4 Å². The second-order valence-electron chi connectivity index (χ2n) is 5.51. The van der Waals surface area contributed by atoms with E-state index in [0.29, 0.717) is 11.7 Å². The van der Waals surface area contributed by atoms with E-state index < -0.39 is 0 Å². The third kappa shape index (κ3) is 4.84. The Bertz CT molecular complexity index is 597. The number of hydrogen-bond acceptors (Lipinski definition) is 2. The van der Waals surface area contributed by atoms with Crippen molar-refractivity contribution in [2.75, 3.05) is 5.32 Å². The molecular formula is C17H24N4S. The van der Waals surface area contributed by atoms with Gasteiger partial charge in [0.1, 0.15) is 0 Å². The highest BCUT2D eigenvalue weighted by molar-refractivity contribution is 7.80. The van der Waals surface area contributed by atoms with Crippen molar-refractivity contribution >= 4 is 23.0 Å². The quantitative estimate of drug-likeness (QED) is 0.800. The zero-order chi connectivity index (χ0) is 15.9. The van der Waals surface area contributed by atoms with Gasteiger partial charge in [0, 0.05) is 18.4 Å². The molecule has 2 N–H and O–H groups in total. The molecule has 1 heterocycles. The summed E-state index contributed by atoms with van der Waals surface area (Å²) in [6.45, 7) is 4.87. The lowest BCUT2D eigenvalue weighted by Crippen LogP contribution is -2.28. The number of nitrogens with zero attached hydrogens (tertiary/aromatic N) is 2. The monoisotopic (exact) mass is 316 g/mol. The first kappa shape index (κ1) is 16.5. The molecule has 0 radical (unpaired) electrons. The highest BCUT2D eigenvalue weighted by Gasteiger charge is 2.03. The molecule has 5 heteroatoms. The van der Waals surface area contributed by atoms with Gasteiger partial charge in [0.15, 0.2) is 5.11 Å². The first-order valence-corrected chi connectivity index (χ1v) is 8.12. The van der Waals surface area contributed by atoms with Gasteiger partial charge < -0.3 is 10.6 Å². The van der Waals surface area contributed by atoms with E-state index in [4.69, 9.17) is 12.2 Å². The van der Waals surface area contributed by atoms with Crippen LogP contribution in [0.4, 0.5) is 5.69 Å². The van der Waals surface area contributed by atoms with Crippen LogP contribution in [0.15, 0.2) is 30.3 Å². The SMILES string of the molecule is CCCCc1ccc(NC(=S)NCc2cc(C)n(C)n2)cc1. The highest BCUT2D eigenvalue weighted by Crippen LogP contribution is 2.11. The van der Waals surface area contributed by atoms with Gasteiger partial charge in [-0.05, 0) is 55.7 Å². The highest BCUT2D eigenvalue weighted by atomic mass is 32.1. The van der Waals surface area contributed by atoms with Crippen LogP contribution < -0.4 is 10.6 Å². The van der Waals surface area contributed by atoms with Crippen LogP contribution in [-0.2, 0) is 20.0 Å². The minimum Gasteiger partial charge on any atom is -0.357 e. The van der Waals surface area contributed by atoms with Crippen LogP contribution in [0.25, 0.3) is 0 Å². The predicted molar refractivity (Wildman–Crippen MR) is 96.1 cm³/mol. The molecule has 1 aromatic heterocycles. The van der Waals surface area contributed by atoms with Crippen LogP contribution >= 0.6 is 12.2 Å². The number of hydrogen-bond donors (Lipinski definition) is 2. The average molecular weight is 316 g/mol. The van der Waals surface area contributed by atoms with Crippen molar-refractivity contribution in [3.63, 3.8) is 0 Å². The number of thiocarbonyl (C=S) groups is 1. The molecule has 0 saturated heterocycles. The molecule has 1 aromatic carbocycles. The molecular weight excluding hydrogens is 292 g/mol. The van der Waals surface area contributed by atoms with Crippen molar-refractivity contribution in [3.05, 3.63) is 47.3 Å². The smallest absolute Gasteiger partial charge is 0.171 e. The fraction of sp³-hybridized carbons (Fsp3) is 0.412. The Balaban J connectivity index is 1.81. The topological polar surface area (TPSA) is 41.9 Å². The molecule has 0 bridgehead atoms. The first-order valence-electron chi connectivity index (χ1n) is 7.72. The van der Waals surface area contributed by atoms with Crippen molar-refractivity contribution in [2.24, 2.45) is 7.05 Å². The Kier molecular flexibility index (Phi) is 5.95. The van der Waals surface area contributed by atoms with Gasteiger partial charge in [-0.3, -0.25) is 4.68 Å². The summed E-state index contributed by atoms with van der Waals surface area (Å²) < 4.78 is 1.86. The van der Waals surface area contributed by atoms with E-state index in [2.05, 4.69) is 53.0 Å². The molecule has 22 heavy (non-hydrogen) atoms. The largest absolute Gasteiger partial charge is 0.357 e. The number of unbranched alkanes of at least 4 members (excludes halogenated alkanes) is 1. The summed E-state index contributed by atoms with van der Waals surface area (Å²) in [5, 5.41) is 11.4. The molecule has 0 atom stereocenters. The number of rotatable bonds is 6. The van der Waals surface area contributed by atoms with E-state index in [1.54, 1.807) is 0 Å². The second kappa shape index (κ2) is 7.94. The van der Waals surface area contributed by atoms with Crippen molar-refractivity contribution < 1.29 is 0 Å². The van der Waals surface area contributed by atoms with Crippen molar-refractivity contribution in [2.45, 2.75) is 39.7 Å². The standard InChI is InChI=1S/C17H24N4S/c1-4-5-6-14-7-9-15(10-8-14)19-17(22)18-12-16-11-13(2)21(3)20-16/h7-11H,4-6,12H2,1-3H3,(H2,18,19,22). The molecule has 0 unspecified atom stereocenters. The molecule has 0 aliphatic carbocycles. The summed E-state index contributed by atoms with van der Waals surface area (Å²) in [6.07, 6.45) is 3.59. The van der Waals surface area contributed by atoms with Gasteiger partial charge in [0.2, 0.25) is 0 Å². The fourth-order valence-electron chi connectivity index (χ4n) is 2.20. The predicted octanol–water partition coefficient (Wildman–Crippen LogP) is 3.56. The Morgan fingerprint density at radius 3 is 2.59 bits per heavy atom. The van der Waals surface area contributed by atoms with E-state index in [0.717, 1.165) is 23.5 Å². The number of benzene rings is 1. The van der Waals surface area contributed by atoms with E-state index in [1.807, 2.05) is 18.7 Å². The lowest BCUT2D eigenvalue weighted by atomic mass is 10.1. The molecule has 0 fully saturated rings. The maximum atomic E-state index is 5.32. The number of aromatic nitrogens is 2. The van der Waals surface area contributed by atoms with Crippen molar-refractivity contribution in [1.82, 2.24) is 15.1 Å². The molecule has 4 nitrogen and oxygen atoms in total. The summed E-state index contributed by atoms with van der Waals surface area (Å²) >= 11 is 5.32. The first-order chi connectivity index (χ1) is 10.6. The summed E-state index contributed by atoms with van der Waals surface area (Å²) in [5.74, 6) is 0. The van der Waals surface area contributed by atoms with Gasteiger partial charge in [0.05, 0.1) is 12.2 Å². The Hall–Kier alpha value is -1.88. The number of anilines is 1. The molecule has 0 spiro atoms. The minimum absolute atomic E-state index is 0.615. The van der Waals surface area contributed by atoms with Gasteiger partial charge in [-0.2, -0.15) is 5.10 Å². The minimum atomic E-state index is 0.615. The molecule has 118 valence electrons. The van der Waals surface area contributed by atoms with Gasteiger partial charge >= 0.3 is 0 Å². The molecule has 0 aliphatic rings. The normalized spacial score (nSPS) is 10.5. The second-order valence-corrected chi connectivity index (χ2v) is 5.92. The summed E-state index contributed by atoms with van der Waals surface area (Å²) in [7, 11) is 1.94. The van der Waals surface area contributed by atoms with Crippen LogP contribution in [0.3, 0.4) is 0 Å². The van der Waals surface area contributed by atoms with E-state index in [9.17, 15) is 0 Å². The Labute approximate surface area is 137 Å². The van der Waals surface area contributed by atoms with Crippen LogP contribution in [0.2, 0.25) is 0 Å². The van der Waals surface area contributed by atoms with Gasteiger partial charge in [-0.1, -0.05) is 25.5 Å². The zero-order valence-electron chi connectivity index (χ0n) is 13.5. The lowest BCUT2D eigenvalue weighted by Gasteiger charge is -2.10. The van der Waals surface area contributed by atoms with Crippen LogP contribution in [0.1, 0.15) is 36.7 Å². The van der Waals surface area contributed by atoms with Crippen LogP contribution in [-0.4, -0.2) is 14.9 Å². The third-order valence-corrected chi connectivity index (χ3v) is 3.87.